The molecule has 0 spiro atoms. The second kappa shape index (κ2) is 6.23. The molecule has 0 amide bonds. The molecule has 0 aliphatic carbocycles. The van der Waals surface area contributed by atoms with Crippen molar-refractivity contribution in [3.05, 3.63) is 45.0 Å². The van der Waals surface area contributed by atoms with Gasteiger partial charge >= 0.3 is 0 Å². The molecule has 1 saturated heterocycles. The van der Waals surface area contributed by atoms with Crippen LogP contribution in [-0.4, -0.2) is 39.0 Å². The van der Waals surface area contributed by atoms with Crippen LogP contribution in [0.5, 0.6) is 0 Å². The largest absolute Gasteiger partial charge is 0.302 e. The molecule has 0 N–H and O–H groups in total. The molecule has 2 aromatic rings. The second-order valence-electron chi connectivity index (χ2n) is 5.60. The fraction of sp³-hybridized carbons (Fsp3) is 0.467. The number of nitrogens with zero attached hydrogens (tertiary/aromatic N) is 4. The Hall–Kier alpha value is -2.28. The topological polar surface area (TPSA) is 81.3 Å². The van der Waals surface area contributed by atoms with Crippen LogP contribution < -0.4 is 5.56 Å². The molecule has 1 aromatic heterocycles. The molecule has 2 heterocycles. The van der Waals surface area contributed by atoms with E-state index in [9.17, 15) is 14.9 Å². The summed E-state index contributed by atoms with van der Waals surface area (Å²) in [7, 11) is 0. The lowest BCUT2D eigenvalue weighted by molar-refractivity contribution is -0.384. The van der Waals surface area contributed by atoms with Gasteiger partial charge in [-0.15, -0.1) is 0 Å². The normalized spacial score (nSPS) is 16.0. The Labute approximate surface area is 127 Å². The first-order chi connectivity index (χ1) is 10.6. The van der Waals surface area contributed by atoms with Crippen molar-refractivity contribution in [3.8, 4) is 0 Å². The second-order valence-corrected chi connectivity index (χ2v) is 5.60. The number of hydrogen-bond acceptors (Lipinski definition) is 5. The fourth-order valence-electron chi connectivity index (χ4n) is 2.85. The van der Waals surface area contributed by atoms with Crippen molar-refractivity contribution < 1.29 is 4.92 Å². The van der Waals surface area contributed by atoms with Crippen LogP contribution in [0.25, 0.3) is 10.9 Å². The van der Waals surface area contributed by atoms with Crippen LogP contribution in [0.2, 0.25) is 0 Å². The van der Waals surface area contributed by atoms with Gasteiger partial charge in [0.25, 0.3) is 11.2 Å². The Kier molecular flexibility index (Phi) is 4.15. The molecule has 0 atom stereocenters. The Morgan fingerprint density at radius 1 is 1.18 bits per heavy atom. The number of hydrogen-bond donors (Lipinski definition) is 0. The summed E-state index contributed by atoms with van der Waals surface area (Å²) in [6.07, 6.45) is 5.21. The first-order valence-corrected chi connectivity index (χ1v) is 7.51. The third-order valence-electron chi connectivity index (χ3n) is 4.12. The van der Waals surface area contributed by atoms with Gasteiger partial charge in [-0.2, -0.15) is 0 Å². The van der Waals surface area contributed by atoms with Gasteiger partial charge < -0.3 is 4.90 Å². The summed E-state index contributed by atoms with van der Waals surface area (Å²) >= 11 is 0. The Bertz CT molecular complexity index is 750. The highest BCUT2D eigenvalue weighted by molar-refractivity contribution is 5.79. The van der Waals surface area contributed by atoms with E-state index in [1.54, 1.807) is 4.57 Å². The molecule has 0 radical (unpaired) electrons. The van der Waals surface area contributed by atoms with Crippen LogP contribution in [0.15, 0.2) is 29.3 Å². The number of nitro groups is 1. The van der Waals surface area contributed by atoms with E-state index in [0.717, 1.165) is 19.6 Å². The first-order valence-electron chi connectivity index (χ1n) is 7.51. The van der Waals surface area contributed by atoms with Crippen molar-refractivity contribution >= 4 is 16.6 Å². The van der Waals surface area contributed by atoms with E-state index in [1.165, 1.54) is 43.8 Å². The van der Waals surface area contributed by atoms with Gasteiger partial charge in [0.2, 0.25) is 0 Å². The lowest BCUT2D eigenvalue weighted by Crippen LogP contribution is -2.34. The monoisotopic (exact) mass is 302 g/mol. The number of non-ortho nitro benzene ring substituents is 1. The fourth-order valence-corrected chi connectivity index (χ4v) is 2.85. The van der Waals surface area contributed by atoms with Gasteiger partial charge in [0.15, 0.2) is 0 Å². The maximum absolute atomic E-state index is 12.5. The highest BCUT2D eigenvalue weighted by Crippen LogP contribution is 2.16. The predicted molar refractivity (Wildman–Crippen MR) is 82.9 cm³/mol. The van der Waals surface area contributed by atoms with Crippen molar-refractivity contribution in [1.82, 2.24) is 14.5 Å². The summed E-state index contributed by atoms with van der Waals surface area (Å²) in [5.41, 5.74) is 0.190. The lowest BCUT2D eigenvalue weighted by atomic mass is 10.1. The zero-order chi connectivity index (χ0) is 15.5. The highest BCUT2D eigenvalue weighted by Gasteiger charge is 2.13. The number of piperidine rings is 1. The summed E-state index contributed by atoms with van der Waals surface area (Å²) in [5.74, 6) is 0. The van der Waals surface area contributed by atoms with Crippen molar-refractivity contribution in [2.75, 3.05) is 19.6 Å². The molecular formula is C15H18N4O3. The van der Waals surface area contributed by atoms with Gasteiger partial charge in [-0.25, -0.2) is 4.98 Å². The molecule has 3 rings (SSSR count). The molecule has 0 bridgehead atoms. The molecule has 7 heteroatoms. The van der Waals surface area contributed by atoms with E-state index < -0.39 is 4.92 Å². The molecule has 0 unspecified atom stereocenters. The molecule has 1 aliphatic rings. The van der Waals surface area contributed by atoms with E-state index in [4.69, 9.17) is 0 Å². The number of benzene rings is 1. The van der Waals surface area contributed by atoms with Crippen molar-refractivity contribution in [2.45, 2.75) is 25.8 Å². The van der Waals surface area contributed by atoms with Crippen molar-refractivity contribution in [2.24, 2.45) is 0 Å². The minimum Gasteiger partial charge on any atom is -0.302 e. The molecule has 1 fully saturated rings. The Morgan fingerprint density at radius 2 is 1.95 bits per heavy atom. The zero-order valence-corrected chi connectivity index (χ0v) is 12.3. The maximum Gasteiger partial charge on any atom is 0.270 e. The standard InChI is InChI=1S/C15H18N4O3/c20-15-13-10-12(19(21)22)4-5-14(13)16-11-18(15)9-8-17-6-2-1-3-7-17/h4-5,10-11H,1-3,6-9H2. The number of nitro benzene ring substituents is 1. The summed E-state index contributed by atoms with van der Waals surface area (Å²) < 4.78 is 1.54. The smallest absolute Gasteiger partial charge is 0.270 e. The average molecular weight is 302 g/mol. The number of likely N-dealkylation sites (tertiary alicyclic amines) is 1. The molecule has 116 valence electrons. The molecule has 7 nitrogen and oxygen atoms in total. The van der Waals surface area contributed by atoms with Crippen molar-refractivity contribution in [3.63, 3.8) is 0 Å². The van der Waals surface area contributed by atoms with Crippen LogP contribution in [0.4, 0.5) is 5.69 Å². The van der Waals surface area contributed by atoms with Crippen LogP contribution in [0, 0.1) is 10.1 Å². The SMILES string of the molecule is O=c1c2cc([N+](=O)[O-])ccc2ncn1CCN1CCCCC1. The minimum absolute atomic E-state index is 0.0832. The predicted octanol–water partition coefficient (Wildman–Crippen LogP) is 1.79. The molecule has 1 aliphatic heterocycles. The van der Waals surface area contributed by atoms with E-state index in [2.05, 4.69) is 9.88 Å². The summed E-state index contributed by atoms with van der Waals surface area (Å²) in [4.78, 5) is 29.4. The van der Waals surface area contributed by atoms with E-state index in [0.29, 0.717) is 17.4 Å². The van der Waals surface area contributed by atoms with Gasteiger partial charge in [0, 0.05) is 25.2 Å². The van der Waals surface area contributed by atoms with Crippen molar-refractivity contribution in [1.29, 1.82) is 0 Å². The van der Waals surface area contributed by atoms with E-state index in [-0.39, 0.29) is 11.2 Å². The van der Waals surface area contributed by atoms with Gasteiger partial charge in [-0.05, 0) is 32.0 Å². The number of rotatable bonds is 4. The molecular weight excluding hydrogens is 284 g/mol. The molecule has 0 saturated carbocycles. The number of aromatic nitrogens is 2. The third-order valence-corrected chi connectivity index (χ3v) is 4.12. The van der Waals surface area contributed by atoms with Gasteiger partial charge in [0.05, 0.1) is 22.2 Å². The lowest BCUT2D eigenvalue weighted by Gasteiger charge is -2.26. The average Bonchev–Trinajstić information content (AvgIpc) is 2.55. The molecule has 22 heavy (non-hydrogen) atoms. The van der Waals surface area contributed by atoms with Crippen LogP contribution in [-0.2, 0) is 6.54 Å². The van der Waals surface area contributed by atoms with Crippen LogP contribution in [0.3, 0.4) is 0 Å². The minimum atomic E-state index is -0.496. The third kappa shape index (κ3) is 2.99. The van der Waals surface area contributed by atoms with Crippen LogP contribution >= 0.6 is 0 Å². The van der Waals surface area contributed by atoms with Gasteiger partial charge in [-0.3, -0.25) is 19.5 Å². The summed E-state index contributed by atoms with van der Waals surface area (Å²) in [5, 5.41) is 11.1. The quantitative estimate of drug-likeness (QED) is 0.635. The van der Waals surface area contributed by atoms with E-state index >= 15 is 0 Å². The van der Waals surface area contributed by atoms with E-state index in [1.807, 2.05) is 0 Å². The molecule has 1 aromatic carbocycles. The first kappa shape index (κ1) is 14.6. The number of fused-ring (bicyclic) bond motifs is 1. The Morgan fingerprint density at radius 3 is 2.68 bits per heavy atom. The summed E-state index contributed by atoms with van der Waals surface area (Å²) in [6.45, 7) is 3.51. The van der Waals surface area contributed by atoms with Gasteiger partial charge in [-0.1, -0.05) is 6.42 Å². The maximum atomic E-state index is 12.5. The summed E-state index contributed by atoms with van der Waals surface area (Å²) in [6, 6.07) is 4.19. The van der Waals surface area contributed by atoms with Gasteiger partial charge in [0.1, 0.15) is 0 Å². The Balaban J connectivity index is 1.85. The van der Waals surface area contributed by atoms with Crippen LogP contribution in [0.1, 0.15) is 19.3 Å². The highest BCUT2D eigenvalue weighted by atomic mass is 16.6. The zero-order valence-electron chi connectivity index (χ0n) is 12.3.